The number of unbranched alkanes of at least 4 members (excludes halogenated alkanes) is 1. The topological polar surface area (TPSA) is 35.6 Å². The lowest BCUT2D eigenvalue weighted by Gasteiger charge is -2.33. The predicted molar refractivity (Wildman–Crippen MR) is 75.7 cm³/mol. The maximum atomic E-state index is 11.4. The van der Waals surface area contributed by atoms with Crippen LogP contribution < -0.4 is 5.32 Å². The van der Waals surface area contributed by atoms with E-state index in [0.717, 1.165) is 32.4 Å². The highest BCUT2D eigenvalue weighted by Crippen LogP contribution is 2.01. The summed E-state index contributed by atoms with van der Waals surface area (Å²) in [6.45, 7) is 12.2. The second kappa shape index (κ2) is 9.34. The van der Waals surface area contributed by atoms with Gasteiger partial charge in [-0.25, -0.2) is 0 Å². The summed E-state index contributed by atoms with van der Waals surface area (Å²) in [6, 6.07) is 0. The van der Waals surface area contributed by atoms with Crippen molar-refractivity contribution < 1.29 is 4.79 Å². The van der Waals surface area contributed by atoms with Crippen LogP contribution in [0.5, 0.6) is 0 Å². The Hall–Kier alpha value is -0.610. The van der Waals surface area contributed by atoms with Crippen LogP contribution in [0.15, 0.2) is 0 Å². The van der Waals surface area contributed by atoms with Gasteiger partial charge in [-0.3, -0.25) is 4.79 Å². The van der Waals surface area contributed by atoms with Crippen molar-refractivity contribution >= 4 is 5.91 Å². The van der Waals surface area contributed by atoms with Crippen LogP contribution in [0, 0.1) is 0 Å². The van der Waals surface area contributed by atoms with Gasteiger partial charge in [-0.05, 0) is 25.9 Å². The largest absolute Gasteiger partial charge is 0.356 e. The Labute approximate surface area is 112 Å². The molecular formula is C14H29N3O. The lowest BCUT2D eigenvalue weighted by Crippen LogP contribution is -2.46. The minimum atomic E-state index is 0.215. The third-order valence-electron chi connectivity index (χ3n) is 3.64. The van der Waals surface area contributed by atoms with Gasteiger partial charge in [0.1, 0.15) is 0 Å². The molecule has 0 aliphatic carbocycles. The number of hydrogen-bond donors (Lipinski definition) is 1. The first-order chi connectivity index (χ1) is 8.76. The Morgan fingerprint density at radius 2 is 1.72 bits per heavy atom. The van der Waals surface area contributed by atoms with Crippen LogP contribution in [0.25, 0.3) is 0 Å². The number of carbonyl (C=O) groups excluding carboxylic acids is 1. The van der Waals surface area contributed by atoms with Crippen LogP contribution in [0.1, 0.15) is 39.5 Å². The highest BCUT2D eigenvalue weighted by atomic mass is 16.1. The Morgan fingerprint density at radius 1 is 1.06 bits per heavy atom. The van der Waals surface area contributed by atoms with E-state index in [-0.39, 0.29) is 5.91 Å². The van der Waals surface area contributed by atoms with Crippen molar-refractivity contribution in [1.82, 2.24) is 15.1 Å². The second-order valence-electron chi connectivity index (χ2n) is 5.08. The first-order valence-corrected chi connectivity index (χ1v) is 7.47. The van der Waals surface area contributed by atoms with Crippen LogP contribution in [-0.2, 0) is 4.79 Å². The molecule has 4 heteroatoms. The third kappa shape index (κ3) is 6.36. The molecule has 4 nitrogen and oxygen atoms in total. The summed E-state index contributed by atoms with van der Waals surface area (Å²) >= 11 is 0. The molecule has 1 rings (SSSR count). The number of amides is 1. The zero-order chi connectivity index (χ0) is 13.2. The molecule has 106 valence electrons. The summed E-state index contributed by atoms with van der Waals surface area (Å²) in [7, 11) is 0. The number of likely N-dealkylation sites (N-methyl/N-ethyl adjacent to an activating group) is 1. The molecule has 0 bridgehead atoms. The fourth-order valence-electron chi connectivity index (χ4n) is 2.29. The highest BCUT2D eigenvalue weighted by Gasteiger charge is 2.14. The van der Waals surface area contributed by atoms with Crippen molar-refractivity contribution in [3.05, 3.63) is 0 Å². The van der Waals surface area contributed by atoms with E-state index < -0.39 is 0 Å². The number of hydrogen-bond acceptors (Lipinski definition) is 3. The SMILES string of the molecule is CCCCC(=O)NCCCN1CCN(CC)CC1. The van der Waals surface area contributed by atoms with Gasteiger partial charge >= 0.3 is 0 Å². The van der Waals surface area contributed by atoms with Gasteiger partial charge < -0.3 is 15.1 Å². The average Bonchev–Trinajstić information content (AvgIpc) is 2.42. The molecule has 1 heterocycles. The first kappa shape index (κ1) is 15.4. The van der Waals surface area contributed by atoms with Crippen molar-refractivity contribution in [1.29, 1.82) is 0 Å². The Morgan fingerprint density at radius 3 is 2.33 bits per heavy atom. The fourth-order valence-corrected chi connectivity index (χ4v) is 2.29. The van der Waals surface area contributed by atoms with E-state index in [1.165, 1.54) is 32.7 Å². The molecular weight excluding hydrogens is 226 g/mol. The van der Waals surface area contributed by atoms with Gasteiger partial charge in [0.05, 0.1) is 0 Å². The summed E-state index contributed by atoms with van der Waals surface area (Å²) in [4.78, 5) is 16.4. The van der Waals surface area contributed by atoms with Crippen molar-refractivity contribution in [2.75, 3.05) is 45.8 Å². The van der Waals surface area contributed by atoms with E-state index in [9.17, 15) is 4.79 Å². The zero-order valence-electron chi connectivity index (χ0n) is 12.1. The normalized spacial score (nSPS) is 17.9. The minimum absolute atomic E-state index is 0.215. The zero-order valence-corrected chi connectivity index (χ0v) is 12.1. The van der Waals surface area contributed by atoms with Crippen LogP contribution in [-0.4, -0.2) is 61.5 Å². The van der Waals surface area contributed by atoms with Crippen molar-refractivity contribution in [2.45, 2.75) is 39.5 Å². The highest BCUT2D eigenvalue weighted by molar-refractivity contribution is 5.75. The Kier molecular flexibility index (Phi) is 8.01. The third-order valence-corrected chi connectivity index (χ3v) is 3.64. The molecule has 1 aliphatic rings. The van der Waals surface area contributed by atoms with Gasteiger partial charge in [0.25, 0.3) is 0 Å². The molecule has 0 aromatic carbocycles. The van der Waals surface area contributed by atoms with Gasteiger partial charge in [0, 0.05) is 39.1 Å². The Balaban J connectivity index is 1.96. The van der Waals surface area contributed by atoms with Crippen LogP contribution >= 0.6 is 0 Å². The van der Waals surface area contributed by atoms with Crippen molar-refractivity contribution in [2.24, 2.45) is 0 Å². The molecule has 0 radical (unpaired) electrons. The molecule has 0 atom stereocenters. The molecule has 18 heavy (non-hydrogen) atoms. The summed E-state index contributed by atoms with van der Waals surface area (Å²) < 4.78 is 0. The predicted octanol–water partition coefficient (Wildman–Crippen LogP) is 1.32. The smallest absolute Gasteiger partial charge is 0.219 e. The standard InChI is InChI=1S/C14H29N3O/c1-3-5-7-14(18)15-8-6-9-17-12-10-16(4-2)11-13-17/h3-13H2,1-2H3,(H,15,18). The van der Waals surface area contributed by atoms with Crippen molar-refractivity contribution in [3.8, 4) is 0 Å². The molecule has 0 aromatic rings. The molecule has 1 saturated heterocycles. The second-order valence-corrected chi connectivity index (χ2v) is 5.08. The molecule has 0 saturated carbocycles. The van der Waals surface area contributed by atoms with Crippen LogP contribution in [0.3, 0.4) is 0 Å². The van der Waals surface area contributed by atoms with Gasteiger partial charge in [0.2, 0.25) is 5.91 Å². The monoisotopic (exact) mass is 255 g/mol. The summed E-state index contributed by atoms with van der Waals surface area (Å²) in [5, 5.41) is 3.00. The Bertz CT molecular complexity index is 225. The van der Waals surface area contributed by atoms with Crippen LogP contribution in [0.2, 0.25) is 0 Å². The average molecular weight is 255 g/mol. The van der Waals surface area contributed by atoms with E-state index in [1.807, 2.05) is 0 Å². The fraction of sp³-hybridized carbons (Fsp3) is 0.929. The van der Waals surface area contributed by atoms with E-state index in [1.54, 1.807) is 0 Å². The van der Waals surface area contributed by atoms with E-state index >= 15 is 0 Å². The molecule has 0 spiro atoms. The van der Waals surface area contributed by atoms with Crippen molar-refractivity contribution in [3.63, 3.8) is 0 Å². The maximum absolute atomic E-state index is 11.4. The van der Waals surface area contributed by atoms with E-state index in [4.69, 9.17) is 0 Å². The summed E-state index contributed by atoms with van der Waals surface area (Å²) in [5.74, 6) is 0.215. The molecule has 0 unspecified atom stereocenters. The quantitative estimate of drug-likeness (QED) is 0.665. The number of nitrogens with one attached hydrogen (secondary N) is 1. The van der Waals surface area contributed by atoms with Crippen LogP contribution in [0.4, 0.5) is 0 Å². The molecule has 1 amide bonds. The number of piperazine rings is 1. The molecule has 0 aromatic heterocycles. The van der Waals surface area contributed by atoms with Gasteiger partial charge in [0.15, 0.2) is 0 Å². The number of nitrogens with zero attached hydrogens (tertiary/aromatic N) is 2. The molecule has 1 aliphatic heterocycles. The molecule has 1 fully saturated rings. The van der Waals surface area contributed by atoms with Gasteiger partial charge in [-0.1, -0.05) is 20.3 Å². The lowest BCUT2D eigenvalue weighted by atomic mass is 10.2. The van der Waals surface area contributed by atoms with E-state index in [0.29, 0.717) is 6.42 Å². The van der Waals surface area contributed by atoms with Gasteiger partial charge in [-0.15, -0.1) is 0 Å². The maximum Gasteiger partial charge on any atom is 0.219 e. The number of rotatable bonds is 8. The lowest BCUT2D eigenvalue weighted by molar-refractivity contribution is -0.121. The first-order valence-electron chi connectivity index (χ1n) is 7.47. The summed E-state index contributed by atoms with van der Waals surface area (Å²) in [6.07, 6.45) is 3.86. The van der Waals surface area contributed by atoms with Gasteiger partial charge in [-0.2, -0.15) is 0 Å². The summed E-state index contributed by atoms with van der Waals surface area (Å²) in [5.41, 5.74) is 0. The van der Waals surface area contributed by atoms with E-state index in [2.05, 4.69) is 29.0 Å². The number of carbonyl (C=O) groups is 1. The molecule has 1 N–H and O–H groups in total. The minimum Gasteiger partial charge on any atom is -0.356 e.